The molecule has 0 atom stereocenters. The van der Waals surface area contributed by atoms with E-state index in [4.69, 9.17) is 10.2 Å². The highest BCUT2D eigenvalue weighted by atomic mass is 19.2. The molecular weight excluding hydrogens is 233 g/mol. The zero-order chi connectivity index (χ0) is 12.6. The Morgan fingerprint density at radius 3 is 2.00 bits per heavy atom. The van der Waals surface area contributed by atoms with Gasteiger partial charge in [0.2, 0.25) is 5.82 Å². The maximum Gasteiger partial charge on any atom is 0.204 e. The van der Waals surface area contributed by atoms with E-state index in [0.717, 1.165) is 0 Å². The summed E-state index contributed by atoms with van der Waals surface area (Å²) < 4.78 is 39.6. The first-order chi connectivity index (χ1) is 8.00. The van der Waals surface area contributed by atoms with Gasteiger partial charge in [-0.1, -0.05) is 12.1 Å². The summed E-state index contributed by atoms with van der Waals surface area (Å²) in [6, 6.07) is 5.84. The molecule has 0 saturated heterocycles. The number of aromatic hydroxyl groups is 2. The summed E-state index contributed by atoms with van der Waals surface area (Å²) in [4.78, 5) is 0. The average molecular weight is 240 g/mol. The predicted octanol–water partition coefficient (Wildman–Crippen LogP) is 3.18. The lowest BCUT2D eigenvalue weighted by Crippen LogP contribution is -1.93. The van der Waals surface area contributed by atoms with Crippen molar-refractivity contribution in [1.82, 2.24) is 0 Å². The topological polar surface area (TPSA) is 40.5 Å². The molecular formula is C12H7F3O2. The van der Waals surface area contributed by atoms with Crippen LogP contribution < -0.4 is 0 Å². The van der Waals surface area contributed by atoms with Crippen molar-refractivity contribution in [3.05, 3.63) is 47.8 Å². The fourth-order valence-corrected chi connectivity index (χ4v) is 1.44. The summed E-state index contributed by atoms with van der Waals surface area (Å²) in [5.41, 5.74) is -0.129. The molecule has 0 radical (unpaired) electrons. The van der Waals surface area contributed by atoms with E-state index in [2.05, 4.69) is 0 Å². The van der Waals surface area contributed by atoms with Crippen molar-refractivity contribution >= 4 is 0 Å². The van der Waals surface area contributed by atoms with Gasteiger partial charge in [0.15, 0.2) is 17.4 Å². The van der Waals surface area contributed by atoms with Crippen molar-refractivity contribution in [3.63, 3.8) is 0 Å². The van der Waals surface area contributed by atoms with Crippen LogP contribution in [0.3, 0.4) is 0 Å². The summed E-state index contributed by atoms with van der Waals surface area (Å²) in [6.45, 7) is 0. The van der Waals surface area contributed by atoms with Gasteiger partial charge in [0.05, 0.1) is 0 Å². The predicted molar refractivity (Wildman–Crippen MR) is 55.1 cm³/mol. The third-order valence-corrected chi connectivity index (χ3v) is 2.31. The first-order valence-electron chi connectivity index (χ1n) is 4.66. The number of hydrogen-bond donors (Lipinski definition) is 2. The Balaban J connectivity index is 2.64. The second kappa shape index (κ2) is 4.01. The van der Waals surface area contributed by atoms with Crippen LogP contribution in [0.15, 0.2) is 30.3 Å². The van der Waals surface area contributed by atoms with E-state index in [-0.39, 0.29) is 16.9 Å². The van der Waals surface area contributed by atoms with Gasteiger partial charge in [0.25, 0.3) is 0 Å². The molecule has 0 bridgehead atoms. The lowest BCUT2D eigenvalue weighted by molar-refractivity contribution is 0.377. The van der Waals surface area contributed by atoms with Gasteiger partial charge < -0.3 is 10.2 Å². The summed E-state index contributed by atoms with van der Waals surface area (Å²) in [5, 5.41) is 17.9. The third-order valence-electron chi connectivity index (χ3n) is 2.31. The number of hydrogen-bond acceptors (Lipinski definition) is 2. The highest BCUT2D eigenvalue weighted by molar-refractivity contribution is 5.66. The Morgan fingerprint density at radius 1 is 0.824 bits per heavy atom. The van der Waals surface area contributed by atoms with E-state index >= 15 is 0 Å². The van der Waals surface area contributed by atoms with Crippen LogP contribution in [0.2, 0.25) is 0 Å². The molecule has 0 aromatic heterocycles. The molecule has 0 saturated carbocycles. The molecule has 17 heavy (non-hydrogen) atoms. The normalized spacial score (nSPS) is 10.5. The summed E-state index contributed by atoms with van der Waals surface area (Å²) in [5.74, 6) is -5.60. The lowest BCUT2D eigenvalue weighted by Gasteiger charge is -2.06. The molecule has 2 rings (SSSR count). The number of halogens is 3. The van der Waals surface area contributed by atoms with Crippen LogP contribution in [0.4, 0.5) is 13.2 Å². The molecule has 2 aromatic rings. The highest BCUT2D eigenvalue weighted by Crippen LogP contribution is 2.32. The molecule has 2 nitrogen and oxygen atoms in total. The molecule has 0 aliphatic carbocycles. The Kier molecular flexibility index (Phi) is 2.67. The Morgan fingerprint density at radius 2 is 1.41 bits per heavy atom. The maximum atomic E-state index is 13.5. The standard InChI is InChI=1S/C12H7F3O2/c13-9-5-8(10(14)11(15)12(9)17)6-1-3-7(16)4-2-6/h1-5,16-17H. The van der Waals surface area contributed by atoms with E-state index in [1.807, 2.05) is 0 Å². The van der Waals surface area contributed by atoms with Crippen molar-refractivity contribution in [2.75, 3.05) is 0 Å². The molecule has 0 amide bonds. The van der Waals surface area contributed by atoms with E-state index in [1.54, 1.807) is 0 Å². The maximum absolute atomic E-state index is 13.5. The molecule has 2 N–H and O–H groups in total. The van der Waals surface area contributed by atoms with Gasteiger partial charge >= 0.3 is 0 Å². The monoisotopic (exact) mass is 240 g/mol. The molecule has 2 aromatic carbocycles. The van der Waals surface area contributed by atoms with E-state index in [0.29, 0.717) is 6.07 Å². The fraction of sp³-hybridized carbons (Fsp3) is 0. The van der Waals surface area contributed by atoms with Crippen molar-refractivity contribution in [3.8, 4) is 22.6 Å². The van der Waals surface area contributed by atoms with Gasteiger partial charge in [-0.15, -0.1) is 0 Å². The van der Waals surface area contributed by atoms with Gasteiger partial charge in [-0.25, -0.2) is 8.78 Å². The molecule has 5 heteroatoms. The minimum atomic E-state index is -1.63. The Labute approximate surface area is 94.6 Å². The minimum Gasteiger partial charge on any atom is -0.508 e. The van der Waals surface area contributed by atoms with Gasteiger partial charge in [-0.05, 0) is 23.8 Å². The number of rotatable bonds is 1. The minimum absolute atomic E-state index is 0.0473. The summed E-state index contributed by atoms with van der Waals surface area (Å²) >= 11 is 0. The fourth-order valence-electron chi connectivity index (χ4n) is 1.44. The van der Waals surface area contributed by atoms with Gasteiger partial charge in [-0.3, -0.25) is 0 Å². The molecule has 0 heterocycles. The largest absolute Gasteiger partial charge is 0.508 e. The van der Waals surface area contributed by atoms with Gasteiger partial charge in [0, 0.05) is 5.56 Å². The number of benzene rings is 2. The van der Waals surface area contributed by atoms with Crippen LogP contribution in [-0.2, 0) is 0 Å². The Bertz CT molecular complexity index is 565. The summed E-state index contributed by atoms with van der Waals surface area (Å²) in [7, 11) is 0. The van der Waals surface area contributed by atoms with E-state index < -0.39 is 23.2 Å². The van der Waals surface area contributed by atoms with Crippen LogP contribution in [-0.4, -0.2) is 10.2 Å². The average Bonchev–Trinajstić information content (AvgIpc) is 2.32. The number of phenolic OH excluding ortho intramolecular Hbond substituents is 2. The van der Waals surface area contributed by atoms with Crippen LogP contribution in [0.25, 0.3) is 11.1 Å². The molecule has 88 valence electrons. The zero-order valence-electron chi connectivity index (χ0n) is 8.42. The van der Waals surface area contributed by atoms with Crippen molar-refractivity contribution in [2.24, 2.45) is 0 Å². The molecule has 0 unspecified atom stereocenters. The van der Waals surface area contributed by atoms with E-state index in [1.165, 1.54) is 24.3 Å². The first kappa shape index (κ1) is 11.3. The van der Waals surface area contributed by atoms with Crippen LogP contribution in [0.1, 0.15) is 0 Å². The Hall–Kier alpha value is -2.17. The quantitative estimate of drug-likeness (QED) is 0.751. The third kappa shape index (κ3) is 1.91. The van der Waals surface area contributed by atoms with Crippen molar-refractivity contribution < 1.29 is 23.4 Å². The highest BCUT2D eigenvalue weighted by Gasteiger charge is 2.18. The zero-order valence-corrected chi connectivity index (χ0v) is 8.42. The lowest BCUT2D eigenvalue weighted by atomic mass is 10.0. The smallest absolute Gasteiger partial charge is 0.204 e. The molecule has 0 aliphatic rings. The van der Waals surface area contributed by atoms with E-state index in [9.17, 15) is 13.2 Å². The first-order valence-corrected chi connectivity index (χ1v) is 4.66. The molecule has 0 fully saturated rings. The van der Waals surface area contributed by atoms with Gasteiger partial charge in [0.1, 0.15) is 5.75 Å². The molecule has 0 spiro atoms. The molecule has 0 aliphatic heterocycles. The number of phenols is 2. The van der Waals surface area contributed by atoms with Crippen LogP contribution in [0.5, 0.6) is 11.5 Å². The second-order valence-electron chi connectivity index (χ2n) is 3.43. The second-order valence-corrected chi connectivity index (χ2v) is 3.43. The van der Waals surface area contributed by atoms with Crippen LogP contribution in [0, 0.1) is 17.5 Å². The van der Waals surface area contributed by atoms with Gasteiger partial charge in [-0.2, -0.15) is 4.39 Å². The van der Waals surface area contributed by atoms with Crippen molar-refractivity contribution in [2.45, 2.75) is 0 Å². The SMILES string of the molecule is Oc1ccc(-c2cc(F)c(O)c(F)c2F)cc1. The van der Waals surface area contributed by atoms with Crippen LogP contribution >= 0.6 is 0 Å². The van der Waals surface area contributed by atoms with Crippen molar-refractivity contribution in [1.29, 1.82) is 0 Å². The summed E-state index contributed by atoms with van der Waals surface area (Å²) in [6.07, 6.45) is 0.